The Kier molecular flexibility index (Phi) is 8.67. The minimum absolute atomic E-state index is 0.0949. The maximum Gasteiger partial charge on any atom is 0.309 e. The first-order valence-corrected chi connectivity index (χ1v) is 14.7. The second-order valence-corrected chi connectivity index (χ2v) is 11.4. The van der Waals surface area contributed by atoms with E-state index >= 15 is 0 Å². The van der Waals surface area contributed by atoms with Crippen LogP contribution in [0.3, 0.4) is 0 Å². The Morgan fingerprint density at radius 2 is 1.95 bits per heavy atom. The number of halogens is 1. The molecule has 1 aliphatic heterocycles. The van der Waals surface area contributed by atoms with E-state index in [9.17, 15) is 9.59 Å². The fourth-order valence-electron chi connectivity index (χ4n) is 5.06. The standard InChI is InChI=1S/C29H32ClN5O3S/c1-3-38-28(37)21-11-13-34(14-12-21)25(36)8-5-15-39-29-31-27-26(32-33-29)23-16-19(2)9-10-24(23)35(27)18-20-6-4-7-22(30)17-20/h4,6-7,9-10,16-17,21H,3,5,8,11-15,18H2,1-2H3. The average Bonchev–Trinajstić information content (AvgIpc) is 3.23. The number of piperidine rings is 1. The van der Waals surface area contributed by atoms with Crippen LogP contribution in [-0.2, 0) is 20.9 Å². The first-order chi connectivity index (χ1) is 18.9. The minimum Gasteiger partial charge on any atom is -0.466 e. The fraction of sp³-hybridized carbons (Fsp3) is 0.414. The molecule has 10 heteroatoms. The van der Waals surface area contributed by atoms with Crippen LogP contribution in [0.1, 0.15) is 43.7 Å². The van der Waals surface area contributed by atoms with Gasteiger partial charge in [-0.25, -0.2) is 4.98 Å². The van der Waals surface area contributed by atoms with E-state index in [2.05, 4.69) is 46.0 Å². The fourth-order valence-corrected chi connectivity index (χ4v) is 6.00. The summed E-state index contributed by atoms with van der Waals surface area (Å²) in [5.41, 5.74) is 4.85. The highest BCUT2D eigenvalue weighted by atomic mass is 35.5. The van der Waals surface area contributed by atoms with Gasteiger partial charge in [-0.05, 0) is 62.9 Å². The molecule has 39 heavy (non-hydrogen) atoms. The van der Waals surface area contributed by atoms with Crippen molar-refractivity contribution in [3.63, 3.8) is 0 Å². The summed E-state index contributed by atoms with van der Waals surface area (Å²) >= 11 is 7.76. The van der Waals surface area contributed by atoms with Gasteiger partial charge in [0.25, 0.3) is 0 Å². The quantitative estimate of drug-likeness (QED) is 0.147. The Morgan fingerprint density at radius 1 is 1.13 bits per heavy atom. The monoisotopic (exact) mass is 565 g/mol. The van der Waals surface area contributed by atoms with Crippen molar-refractivity contribution in [3.05, 3.63) is 58.6 Å². The number of amides is 1. The number of likely N-dealkylation sites (tertiary alicyclic amines) is 1. The maximum atomic E-state index is 12.7. The molecule has 3 heterocycles. The highest BCUT2D eigenvalue weighted by Gasteiger charge is 2.28. The number of benzene rings is 2. The maximum absolute atomic E-state index is 12.7. The predicted octanol–water partition coefficient (Wildman–Crippen LogP) is 5.66. The van der Waals surface area contributed by atoms with Crippen molar-refractivity contribution < 1.29 is 14.3 Å². The van der Waals surface area contributed by atoms with E-state index in [-0.39, 0.29) is 17.8 Å². The van der Waals surface area contributed by atoms with Crippen molar-refractivity contribution in [1.82, 2.24) is 24.6 Å². The lowest BCUT2D eigenvalue weighted by molar-refractivity contribution is -0.151. The third kappa shape index (κ3) is 6.36. The number of thioether (sulfide) groups is 1. The highest BCUT2D eigenvalue weighted by Crippen LogP contribution is 2.29. The summed E-state index contributed by atoms with van der Waals surface area (Å²) in [4.78, 5) is 31.4. The summed E-state index contributed by atoms with van der Waals surface area (Å²) < 4.78 is 7.28. The van der Waals surface area contributed by atoms with Gasteiger partial charge in [0.2, 0.25) is 11.1 Å². The molecule has 2 aromatic carbocycles. The van der Waals surface area contributed by atoms with Crippen LogP contribution in [0.15, 0.2) is 47.6 Å². The van der Waals surface area contributed by atoms with Gasteiger partial charge in [-0.1, -0.05) is 47.1 Å². The molecule has 4 aromatic rings. The number of hydrogen-bond acceptors (Lipinski definition) is 7. The van der Waals surface area contributed by atoms with E-state index in [1.807, 2.05) is 30.0 Å². The molecule has 0 aliphatic carbocycles. The topological polar surface area (TPSA) is 90.2 Å². The van der Waals surface area contributed by atoms with E-state index in [0.717, 1.165) is 33.2 Å². The summed E-state index contributed by atoms with van der Waals surface area (Å²) in [5.74, 6) is 0.603. The zero-order chi connectivity index (χ0) is 27.4. The van der Waals surface area contributed by atoms with E-state index in [4.69, 9.17) is 21.3 Å². The molecule has 0 saturated carbocycles. The lowest BCUT2D eigenvalue weighted by Gasteiger charge is -2.31. The molecular formula is C29H32ClN5O3S. The van der Waals surface area contributed by atoms with Crippen molar-refractivity contribution in [2.75, 3.05) is 25.4 Å². The summed E-state index contributed by atoms with van der Waals surface area (Å²) in [6.45, 7) is 6.11. The number of fused-ring (bicyclic) bond motifs is 3. The molecule has 1 saturated heterocycles. The van der Waals surface area contributed by atoms with E-state index in [1.165, 1.54) is 11.8 Å². The molecule has 2 aromatic heterocycles. The Labute approximate surface area is 237 Å². The zero-order valence-electron chi connectivity index (χ0n) is 22.2. The second kappa shape index (κ2) is 12.3. The summed E-state index contributed by atoms with van der Waals surface area (Å²) in [6.07, 6.45) is 2.51. The number of rotatable bonds is 9. The zero-order valence-corrected chi connectivity index (χ0v) is 23.8. The number of aryl methyl sites for hydroxylation is 1. The first-order valence-electron chi connectivity index (χ1n) is 13.4. The van der Waals surface area contributed by atoms with Crippen LogP contribution in [-0.4, -0.2) is 62.0 Å². The van der Waals surface area contributed by atoms with Crippen LogP contribution in [0.4, 0.5) is 0 Å². The summed E-state index contributed by atoms with van der Waals surface area (Å²) in [7, 11) is 0. The van der Waals surface area contributed by atoms with Crippen molar-refractivity contribution >= 4 is 57.3 Å². The number of aromatic nitrogens is 4. The van der Waals surface area contributed by atoms with Gasteiger partial charge < -0.3 is 14.2 Å². The normalized spacial score (nSPS) is 14.3. The number of carbonyl (C=O) groups is 2. The van der Waals surface area contributed by atoms with Gasteiger partial charge in [0.05, 0.1) is 18.0 Å². The molecular weight excluding hydrogens is 534 g/mol. The lowest BCUT2D eigenvalue weighted by atomic mass is 9.97. The third-order valence-electron chi connectivity index (χ3n) is 7.07. The van der Waals surface area contributed by atoms with Crippen molar-refractivity contribution in [2.45, 2.75) is 51.2 Å². The van der Waals surface area contributed by atoms with Crippen molar-refractivity contribution in [3.8, 4) is 0 Å². The van der Waals surface area contributed by atoms with Gasteiger partial charge >= 0.3 is 5.97 Å². The Morgan fingerprint density at radius 3 is 2.72 bits per heavy atom. The van der Waals surface area contributed by atoms with Crippen molar-refractivity contribution in [1.29, 1.82) is 0 Å². The predicted molar refractivity (Wildman–Crippen MR) is 154 cm³/mol. The van der Waals surface area contributed by atoms with E-state index < -0.39 is 0 Å². The van der Waals surface area contributed by atoms with Crippen LogP contribution in [0.2, 0.25) is 5.02 Å². The average molecular weight is 566 g/mol. The Hall–Kier alpha value is -3.17. The summed E-state index contributed by atoms with van der Waals surface area (Å²) in [6, 6.07) is 14.2. The van der Waals surface area contributed by atoms with Crippen LogP contribution < -0.4 is 0 Å². The number of hydrogen-bond donors (Lipinski definition) is 0. The highest BCUT2D eigenvalue weighted by molar-refractivity contribution is 7.99. The van der Waals surface area contributed by atoms with Gasteiger partial charge in [-0.3, -0.25) is 9.59 Å². The van der Waals surface area contributed by atoms with Gasteiger partial charge in [0, 0.05) is 42.2 Å². The molecule has 0 radical (unpaired) electrons. The largest absolute Gasteiger partial charge is 0.466 e. The van der Waals surface area contributed by atoms with Gasteiger partial charge in [0.1, 0.15) is 5.52 Å². The molecule has 1 amide bonds. The van der Waals surface area contributed by atoms with Crippen LogP contribution >= 0.6 is 23.4 Å². The number of ether oxygens (including phenoxy) is 1. The molecule has 8 nitrogen and oxygen atoms in total. The molecule has 0 unspecified atom stereocenters. The van der Waals surface area contributed by atoms with Gasteiger partial charge in [-0.15, -0.1) is 10.2 Å². The number of esters is 1. The molecule has 5 rings (SSSR count). The number of nitrogens with zero attached hydrogens (tertiary/aromatic N) is 5. The second-order valence-electron chi connectivity index (χ2n) is 9.86. The minimum atomic E-state index is -0.145. The van der Waals surface area contributed by atoms with E-state index in [0.29, 0.717) is 67.9 Å². The van der Waals surface area contributed by atoms with Crippen LogP contribution in [0.5, 0.6) is 0 Å². The smallest absolute Gasteiger partial charge is 0.309 e. The van der Waals surface area contributed by atoms with Crippen LogP contribution in [0.25, 0.3) is 22.1 Å². The van der Waals surface area contributed by atoms with E-state index in [1.54, 1.807) is 0 Å². The first kappa shape index (κ1) is 27.4. The lowest BCUT2D eigenvalue weighted by Crippen LogP contribution is -2.40. The Bertz CT molecular complexity index is 1500. The molecule has 204 valence electrons. The van der Waals surface area contributed by atoms with Crippen LogP contribution in [0, 0.1) is 12.8 Å². The number of carbonyl (C=O) groups excluding carboxylic acids is 2. The van der Waals surface area contributed by atoms with Crippen molar-refractivity contribution in [2.24, 2.45) is 5.92 Å². The Balaban J connectivity index is 1.23. The molecule has 0 spiro atoms. The SMILES string of the molecule is CCOC(=O)C1CCN(C(=O)CCCSc2nnc3c4cc(C)ccc4n(Cc4cccc(Cl)c4)c3n2)CC1. The molecule has 0 atom stereocenters. The molecule has 0 bridgehead atoms. The third-order valence-corrected chi connectivity index (χ3v) is 8.23. The molecule has 1 fully saturated rings. The molecule has 0 N–H and O–H groups in total. The molecule has 1 aliphatic rings. The van der Waals surface area contributed by atoms with Gasteiger partial charge in [0.15, 0.2) is 5.65 Å². The van der Waals surface area contributed by atoms with Gasteiger partial charge in [-0.2, -0.15) is 0 Å². The summed E-state index contributed by atoms with van der Waals surface area (Å²) in [5, 5.41) is 11.3.